The van der Waals surface area contributed by atoms with Gasteiger partial charge in [0.1, 0.15) is 6.61 Å². The summed E-state index contributed by atoms with van der Waals surface area (Å²) < 4.78 is 21.1. The van der Waals surface area contributed by atoms with Crippen LogP contribution in [0.5, 0.6) is 11.5 Å². The molecule has 0 spiro atoms. The van der Waals surface area contributed by atoms with Gasteiger partial charge in [-0.3, -0.25) is 0 Å². The van der Waals surface area contributed by atoms with Crippen molar-refractivity contribution >= 4 is 0 Å². The van der Waals surface area contributed by atoms with Crippen LogP contribution < -0.4 is 14.8 Å². The van der Waals surface area contributed by atoms with E-state index in [0.717, 1.165) is 18.7 Å². The SMILES string of the molecule is COCCNCc1ccc(OCCOCCO)c(OC)c1. The summed E-state index contributed by atoms with van der Waals surface area (Å²) in [5, 5.41) is 11.9. The lowest BCUT2D eigenvalue weighted by Crippen LogP contribution is -2.18. The van der Waals surface area contributed by atoms with Gasteiger partial charge in [0.25, 0.3) is 0 Å². The van der Waals surface area contributed by atoms with E-state index < -0.39 is 0 Å². The smallest absolute Gasteiger partial charge is 0.161 e. The Balaban J connectivity index is 2.42. The molecule has 120 valence electrons. The van der Waals surface area contributed by atoms with Crippen molar-refractivity contribution in [1.82, 2.24) is 5.32 Å². The van der Waals surface area contributed by atoms with Crippen molar-refractivity contribution in [1.29, 1.82) is 0 Å². The van der Waals surface area contributed by atoms with Crippen molar-refractivity contribution in [3.63, 3.8) is 0 Å². The number of ether oxygens (including phenoxy) is 4. The summed E-state index contributed by atoms with van der Waals surface area (Å²) in [6.45, 7) is 3.44. The zero-order valence-corrected chi connectivity index (χ0v) is 12.8. The highest BCUT2D eigenvalue weighted by Crippen LogP contribution is 2.27. The van der Waals surface area contributed by atoms with Crippen LogP contribution in [0.25, 0.3) is 0 Å². The Labute approximate surface area is 126 Å². The topological polar surface area (TPSA) is 69.2 Å². The van der Waals surface area contributed by atoms with E-state index in [1.54, 1.807) is 14.2 Å². The molecule has 6 heteroatoms. The number of methoxy groups -OCH3 is 2. The molecule has 0 heterocycles. The predicted molar refractivity (Wildman–Crippen MR) is 80.0 cm³/mol. The lowest BCUT2D eigenvalue weighted by Gasteiger charge is -2.12. The van der Waals surface area contributed by atoms with Crippen LogP contribution in [-0.2, 0) is 16.0 Å². The van der Waals surface area contributed by atoms with Gasteiger partial charge >= 0.3 is 0 Å². The molecule has 1 aromatic carbocycles. The fourth-order valence-corrected chi connectivity index (χ4v) is 1.73. The molecule has 0 bridgehead atoms. The Hall–Kier alpha value is -1.34. The van der Waals surface area contributed by atoms with Crippen molar-refractivity contribution in [2.45, 2.75) is 6.54 Å². The van der Waals surface area contributed by atoms with Crippen molar-refractivity contribution in [3.8, 4) is 11.5 Å². The molecule has 21 heavy (non-hydrogen) atoms. The number of aliphatic hydroxyl groups excluding tert-OH is 1. The molecule has 1 aromatic rings. The molecule has 2 N–H and O–H groups in total. The molecule has 0 radical (unpaired) electrons. The minimum atomic E-state index is 0.0219. The van der Waals surface area contributed by atoms with Gasteiger partial charge in [-0.2, -0.15) is 0 Å². The van der Waals surface area contributed by atoms with E-state index >= 15 is 0 Å². The number of rotatable bonds is 12. The second kappa shape index (κ2) is 11.3. The van der Waals surface area contributed by atoms with Crippen LogP contribution in [0.1, 0.15) is 5.56 Å². The highest BCUT2D eigenvalue weighted by Gasteiger charge is 2.05. The Morgan fingerprint density at radius 2 is 1.90 bits per heavy atom. The number of hydrogen-bond donors (Lipinski definition) is 2. The first-order valence-electron chi connectivity index (χ1n) is 6.99. The Kier molecular flexibility index (Phi) is 9.56. The summed E-state index contributed by atoms with van der Waals surface area (Å²) in [6.07, 6.45) is 0. The van der Waals surface area contributed by atoms with Crippen molar-refractivity contribution < 1.29 is 24.1 Å². The monoisotopic (exact) mass is 299 g/mol. The largest absolute Gasteiger partial charge is 0.493 e. The highest BCUT2D eigenvalue weighted by atomic mass is 16.5. The van der Waals surface area contributed by atoms with Crippen LogP contribution >= 0.6 is 0 Å². The summed E-state index contributed by atoms with van der Waals surface area (Å²) >= 11 is 0. The van der Waals surface area contributed by atoms with Crippen LogP contribution in [0, 0.1) is 0 Å². The molecule has 0 saturated heterocycles. The molecule has 0 aliphatic rings. The first kappa shape index (κ1) is 17.7. The van der Waals surface area contributed by atoms with Crippen LogP contribution in [0.15, 0.2) is 18.2 Å². The average molecular weight is 299 g/mol. The van der Waals surface area contributed by atoms with E-state index in [4.69, 9.17) is 24.1 Å². The van der Waals surface area contributed by atoms with Gasteiger partial charge in [-0.1, -0.05) is 6.07 Å². The molecule has 6 nitrogen and oxygen atoms in total. The molecule has 0 aliphatic carbocycles. The van der Waals surface area contributed by atoms with E-state index in [1.165, 1.54) is 0 Å². The lowest BCUT2D eigenvalue weighted by molar-refractivity contribution is 0.0699. The van der Waals surface area contributed by atoms with Gasteiger partial charge in [-0.25, -0.2) is 0 Å². The molecular weight excluding hydrogens is 274 g/mol. The van der Waals surface area contributed by atoms with Crippen LogP contribution in [0.3, 0.4) is 0 Å². The minimum absolute atomic E-state index is 0.0219. The van der Waals surface area contributed by atoms with Gasteiger partial charge in [-0.15, -0.1) is 0 Å². The molecule has 0 atom stereocenters. The van der Waals surface area contributed by atoms with Crippen molar-refractivity contribution in [3.05, 3.63) is 23.8 Å². The van der Waals surface area contributed by atoms with Crippen molar-refractivity contribution in [2.24, 2.45) is 0 Å². The third-order valence-electron chi connectivity index (χ3n) is 2.76. The maximum Gasteiger partial charge on any atom is 0.161 e. The molecule has 0 aliphatic heterocycles. The Morgan fingerprint density at radius 1 is 1.05 bits per heavy atom. The third kappa shape index (κ3) is 7.29. The zero-order chi connectivity index (χ0) is 15.3. The molecule has 0 fully saturated rings. The summed E-state index contributed by atoms with van der Waals surface area (Å²) in [4.78, 5) is 0. The summed E-state index contributed by atoms with van der Waals surface area (Å²) in [6, 6.07) is 5.83. The fourth-order valence-electron chi connectivity index (χ4n) is 1.73. The van der Waals surface area contributed by atoms with E-state index in [2.05, 4.69) is 5.32 Å². The number of nitrogens with one attached hydrogen (secondary N) is 1. The standard InChI is InChI=1S/C15H25NO5/c1-18-7-5-16-12-13-3-4-14(15(11-13)19-2)21-10-9-20-8-6-17/h3-4,11,16-17H,5-10,12H2,1-2H3. The first-order chi connectivity index (χ1) is 10.3. The molecule has 0 amide bonds. The zero-order valence-electron chi connectivity index (χ0n) is 12.8. The Morgan fingerprint density at radius 3 is 2.62 bits per heavy atom. The predicted octanol–water partition coefficient (Wildman–Crippen LogP) is 0.819. The maximum atomic E-state index is 8.60. The molecule has 0 aromatic heterocycles. The Bertz CT molecular complexity index is 386. The molecule has 0 unspecified atom stereocenters. The minimum Gasteiger partial charge on any atom is -0.493 e. The second-order valence-electron chi connectivity index (χ2n) is 4.34. The van der Waals surface area contributed by atoms with Crippen molar-refractivity contribution in [2.75, 3.05) is 53.8 Å². The van der Waals surface area contributed by atoms with Gasteiger partial charge in [0.15, 0.2) is 11.5 Å². The highest BCUT2D eigenvalue weighted by molar-refractivity contribution is 5.42. The number of aliphatic hydroxyl groups is 1. The summed E-state index contributed by atoms with van der Waals surface area (Å²) in [5.41, 5.74) is 1.12. The fraction of sp³-hybridized carbons (Fsp3) is 0.600. The van der Waals surface area contributed by atoms with Gasteiger partial charge < -0.3 is 29.4 Å². The van der Waals surface area contributed by atoms with Gasteiger partial charge in [0.05, 0.1) is 33.5 Å². The average Bonchev–Trinajstić information content (AvgIpc) is 2.52. The maximum absolute atomic E-state index is 8.60. The third-order valence-corrected chi connectivity index (χ3v) is 2.76. The quantitative estimate of drug-likeness (QED) is 0.557. The summed E-state index contributed by atoms with van der Waals surface area (Å²) in [5.74, 6) is 1.38. The van der Waals surface area contributed by atoms with Gasteiger partial charge in [0.2, 0.25) is 0 Å². The first-order valence-corrected chi connectivity index (χ1v) is 6.99. The number of benzene rings is 1. The molecule has 0 saturated carbocycles. The normalized spacial score (nSPS) is 10.6. The van der Waals surface area contributed by atoms with E-state index in [-0.39, 0.29) is 6.61 Å². The summed E-state index contributed by atoms with van der Waals surface area (Å²) in [7, 11) is 3.30. The molecule has 1 rings (SSSR count). The van der Waals surface area contributed by atoms with Gasteiger partial charge in [-0.05, 0) is 17.7 Å². The number of hydrogen-bond acceptors (Lipinski definition) is 6. The van der Waals surface area contributed by atoms with Crippen LogP contribution in [0.4, 0.5) is 0 Å². The van der Waals surface area contributed by atoms with Crippen LogP contribution in [0.2, 0.25) is 0 Å². The van der Waals surface area contributed by atoms with Crippen LogP contribution in [-0.4, -0.2) is 58.9 Å². The van der Waals surface area contributed by atoms with E-state index in [0.29, 0.717) is 37.9 Å². The van der Waals surface area contributed by atoms with E-state index in [1.807, 2.05) is 18.2 Å². The second-order valence-corrected chi connectivity index (χ2v) is 4.34. The lowest BCUT2D eigenvalue weighted by atomic mass is 10.2. The molecular formula is C15H25NO5. The van der Waals surface area contributed by atoms with Gasteiger partial charge in [0, 0.05) is 20.2 Å². The van der Waals surface area contributed by atoms with E-state index in [9.17, 15) is 0 Å².